The van der Waals surface area contributed by atoms with Crippen molar-refractivity contribution in [1.82, 2.24) is 29.3 Å². The molecule has 33 heavy (non-hydrogen) atoms. The highest BCUT2D eigenvalue weighted by Gasteiger charge is 2.35. The van der Waals surface area contributed by atoms with Crippen molar-refractivity contribution in [3.05, 3.63) is 70.1 Å². The fourth-order valence-corrected chi connectivity index (χ4v) is 4.63. The molecule has 170 valence electrons. The van der Waals surface area contributed by atoms with Crippen LogP contribution in [0.15, 0.2) is 24.4 Å². The van der Waals surface area contributed by atoms with Crippen LogP contribution in [0.2, 0.25) is 0 Å². The summed E-state index contributed by atoms with van der Waals surface area (Å²) in [6, 6.07) is 3.37. The van der Waals surface area contributed by atoms with Crippen LogP contribution in [-0.2, 0) is 13.5 Å². The van der Waals surface area contributed by atoms with E-state index in [-0.39, 0.29) is 11.5 Å². The van der Waals surface area contributed by atoms with Gasteiger partial charge in [0.1, 0.15) is 0 Å². The van der Waals surface area contributed by atoms with E-state index >= 15 is 0 Å². The lowest BCUT2D eigenvalue weighted by Gasteiger charge is -2.32. The molecule has 3 aromatic heterocycles. The van der Waals surface area contributed by atoms with Gasteiger partial charge in [0.2, 0.25) is 0 Å². The van der Waals surface area contributed by atoms with Gasteiger partial charge in [0.25, 0.3) is 5.91 Å². The quantitative estimate of drug-likeness (QED) is 0.431. The van der Waals surface area contributed by atoms with Crippen molar-refractivity contribution in [3.8, 4) is 11.3 Å². The minimum Gasteiger partial charge on any atom is -0.329 e. The second kappa shape index (κ2) is 7.43. The lowest BCUT2D eigenvalue weighted by atomic mass is 9.95. The molecule has 1 amide bonds. The molecule has 1 aliphatic rings. The number of nitrogens with zero attached hydrogens (tertiary/aromatic N) is 6. The van der Waals surface area contributed by atoms with Crippen LogP contribution >= 0.6 is 0 Å². The molecule has 0 radical (unpaired) electrons. The summed E-state index contributed by atoms with van der Waals surface area (Å²) in [4.78, 5) is 19.8. The first kappa shape index (κ1) is 21.2. The van der Waals surface area contributed by atoms with Gasteiger partial charge >= 0.3 is 0 Å². The van der Waals surface area contributed by atoms with Gasteiger partial charge in [-0.25, -0.2) is 22.7 Å². The molecule has 10 heteroatoms. The highest BCUT2D eigenvalue weighted by molar-refractivity contribution is 5.95. The van der Waals surface area contributed by atoms with Crippen LogP contribution in [0, 0.1) is 31.3 Å². The summed E-state index contributed by atoms with van der Waals surface area (Å²) >= 11 is 0. The largest absolute Gasteiger partial charge is 0.329 e. The first-order chi connectivity index (χ1) is 15.7. The molecule has 1 aliphatic heterocycles. The molecule has 7 nitrogen and oxygen atoms in total. The molecule has 0 unspecified atom stereocenters. The monoisotopic (exact) mass is 454 g/mol. The van der Waals surface area contributed by atoms with Crippen LogP contribution in [0.4, 0.5) is 13.2 Å². The Morgan fingerprint density at radius 3 is 2.55 bits per heavy atom. The molecule has 0 N–H and O–H groups in total. The summed E-state index contributed by atoms with van der Waals surface area (Å²) in [7, 11) is 1.66. The van der Waals surface area contributed by atoms with Crippen LogP contribution in [0.3, 0.4) is 0 Å². The van der Waals surface area contributed by atoms with Gasteiger partial charge in [-0.3, -0.25) is 9.48 Å². The number of amides is 1. The molecule has 0 saturated heterocycles. The van der Waals surface area contributed by atoms with Crippen LogP contribution < -0.4 is 0 Å². The van der Waals surface area contributed by atoms with Crippen molar-refractivity contribution in [1.29, 1.82) is 0 Å². The van der Waals surface area contributed by atoms with Crippen LogP contribution in [0.1, 0.15) is 46.0 Å². The summed E-state index contributed by atoms with van der Waals surface area (Å²) < 4.78 is 44.3. The number of hydrogen-bond acceptors (Lipinski definition) is 4. The van der Waals surface area contributed by atoms with E-state index in [9.17, 15) is 18.0 Å². The van der Waals surface area contributed by atoms with Gasteiger partial charge in [-0.15, -0.1) is 0 Å². The number of halogens is 3. The molecular weight excluding hydrogens is 433 g/mol. The van der Waals surface area contributed by atoms with Gasteiger partial charge in [0.05, 0.1) is 23.1 Å². The minimum atomic E-state index is -1.51. The van der Waals surface area contributed by atoms with E-state index in [1.54, 1.807) is 29.6 Å². The fraction of sp³-hybridized carbons (Fsp3) is 0.304. The number of hydrogen-bond donors (Lipinski definition) is 0. The number of imidazole rings is 1. The molecule has 1 aromatic carbocycles. The lowest BCUT2D eigenvalue weighted by molar-refractivity contribution is 0.0664. The molecule has 0 bridgehead atoms. The molecular formula is C23H21F3N6O. The Morgan fingerprint density at radius 2 is 1.85 bits per heavy atom. The Balaban J connectivity index is 1.55. The van der Waals surface area contributed by atoms with Gasteiger partial charge in [0, 0.05) is 30.9 Å². The Labute approximate surface area is 187 Å². The summed E-state index contributed by atoms with van der Waals surface area (Å²) in [5.41, 5.74) is 4.63. The maximum atomic E-state index is 13.9. The average molecular weight is 454 g/mol. The van der Waals surface area contributed by atoms with Crippen LogP contribution in [-0.4, -0.2) is 41.7 Å². The normalized spacial score (nSPS) is 15.8. The molecule has 5 rings (SSSR count). The van der Waals surface area contributed by atoms with Crippen molar-refractivity contribution in [3.63, 3.8) is 0 Å². The second-order valence-corrected chi connectivity index (χ2v) is 8.31. The van der Waals surface area contributed by atoms with Crippen molar-refractivity contribution in [2.45, 2.75) is 33.2 Å². The Bertz CT molecular complexity index is 1420. The van der Waals surface area contributed by atoms with Crippen LogP contribution in [0.5, 0.6) is 0 Å². The Morgan fingerprint density at radius 1 is 1.15 bits per heavy atom. The summed E-state index contributed by atoms with van der Waals surface area (Å²) in [6.45, 7) is 5.91. The first-order valence-electron chi connectivity index (χ1n) is 10.5. The smallest absolute Gasteiger partial charge is 0.275 e. The minimum absolute atomic E-state index is 0.201. The van der Waals surface area contributed by atoms with Crippen LogP contribution in [0.25, 0.3) is 16.9 Å². The zero-order chi connectivity index (χ0) is 23.6. The number of benzene rings is 1. The third-order valence-corrected chi connectivity index (χ3v) is 6.25. The van der Waals surface area contributed by atoms with E-state index in [4.69, 9.17) is 0 Å². The fourth-order valence-electron chi connectivity index (χ4n) is 4.63. The lowest BCUT2D eigenvalue weighted by Crippen LogP contribution is -2.39. The predicted octanol–water partition coefficient (Wildman–Crippen LogP) is 3.92. The van der Waals surface area contributed by atoms with Gasteiger partial charge in [-0.1, -0.05) is 0 Å². The van der Waals surface area contributed by atoms with Gasteiger partial charge in [-0.2, -0.15) is 10.2 Å². The highest BCUT2D eigenvalue weighted by atomic mass is 19.2. The Kier molecular flexibility index (Phi) is 4.77. The van der Waals surface area contributed by atoms with Gasteiger partial charge in [-0.05, 0) is 51.0 Å². The maximum absolute atomic E-state index is 13.9. The first-order valence-corrected chi connectivity index (χ1v) is 10.5. The van der Waals surface area contributed by atoms with E-state index < -0.39 is 23.5 Å². The number of rotatable bonds is 2. The van der Waals surface area contributed by atoms with Crippen molar-refractivity contribution >= 4 is 11.6 Å². The Hall–Kier alpha value is -3.69. The molecule has 0 aliphatic carbocycles. The van der Waals surface area contributed by atoms with E-state index in [0.29, 0.717) is 41.4 Å². The summed E-state index contributed by atoms with van der Waals surface area (Å²) in [5.74, 6) is -4.24. The standard InChI is InChI=1S/C23H21F3N6O/c1-11-5-7-27-32-20(12(2)28-22(11)32)23(33)31-8-6-15-19(13(31)3)29-30(4)21(15)14-9-16(24)18(26)17(25)10-14/h5,7,9-10,13H,6,8H2,1-4H3/t13-/m0/s1. The average Bonchev–Trinajstić information content (AvgIpc) is 3.29. The number of carbonyl (C=O) groups is 1. The third kappa shape index (κ3) is 3.12. The van der Waals surface area contributed by atoms with Crippen molar-refractivity contribution < 1.29 is 18.0 Å². The molecule has 4 aromatic rings. The topological polar surface area (TPSA) is 68.3 Å². The molecule has 0 fully saturated rings. The molecule has 4 heterocycles. The maximum Gasteiger partial charge on any atom is 0.275 e. The molecule has 0 saturated carbocycles. The van der Waals surface area contributed by atoms with Gasteiger partial charge < -0.3 is 4.90 Å². The number of aromatic nitrogens is 5. The number of fused-ring (bicyclic) bond motifs is 2. The zero-order valence-corrected chi connectivity index (χ0v) is 18.5. The zero-order valence-electron chi connectivity index (χ0n) is 18.5. The van der Waals surface area contributed by atoms with E-state index in [2.05, 4.69) is 15.2 Å². The summed E-state index contributed by atoms with van der Waals surface area (Å²) in [6.07, 6.45) is 2.06. The SMILES string of the molecule is Cc1nc2c(C)ccnn2c1C(=O)N1CCc2c(nn(C)c2-c2cc(F)c(F)c(F)c2)[C@@H]1C. The summed E-state index contributed by atoms with van der Waals surface area (Å²) in [5, 5.41) is 8.86. The van der Waals surface area contributed by atoms with Crippen molar-refractivity contribution in [2.24, 2.45) is 7.05 Å². The third-order valence-electron chi connectivity index (χ3n) is 6.25. The van der Waals surface area contributed by atoms with E-state index in [0.717, 1.165) is 23.3 Å². The van der Waals surface area contributed by atoms with Gasteiger partial charge in [0.15, 0.2) is 28.8 Å². The molecule has 0 spiro atoms. The number of carbonyl (C=O) groups excluding carboxylic acids is 1. The van der Waals surface area contributed by atoms with E-state index in [1.807, 2.05) is 19.9 Å². The predicted molar refractivity (Wildman–Crippen MR) is 114 cm³/mol. The van der Waals surface area contributed by atoms with Crippen molar-refractivity contribution in [2.75, 3.05) is 6.54 Å². The second-order valence-electron chi connectivity index (χ2n) is 8.31. The van der Waals surface area contributed by atoms with E-state index in [1.165, 1.54) is 4.68 Å². The highest BCUT2D eigenvalue weighted by Crippen LogP contribution is 2.37. The molecule has 1 atom stereocenters. The number of aryl methyl sites for hydroxylation is 3.